The smallest absolute Gasteiger partial charge is 0.319 e. The largest absolute Gasteiger partial charge is 0.480 e. The average Bonchev–Trinajstić information content (AvgIpc) is 2.16. The molecule has 1 aromatic carbocycles. The van der Waals surface area contributed by atoms with Gasteiger partial charge in [0.1, 0.15) is 5.41 Å². The summed E-state index contributed by atoms with van der Waals surface area (Å²) in [6.07, 6.45) is 1.66. The van der Waals surface area contributed by atoms with E-state index in [4.69, 9.17) is 5.11 Å². The van der Waals surface area contributed by atoms with Crippen molar-refractivity contribution in [2.75, 3.05) is 5.32 Å². The van der Waals surface area contributed by atoms with Crippen LogP contribution in [0.5, 0.6) is 0 Å². The summed E-state index contributed by atoms with van der Waals surface area (Å²) in [4.78, 5) is 22.9. The second-order valence-corrected chi connectivity index (χ2v) is 4.06. The summed E-state index contributed by atoms with van der Waals surface area (Å²) in [7, 11) is 0. The van der Waals surface area contributed by atoms with E-state index < -0.39 is 17.3 Å². The highest BCUT2D eigenvalue weighted by molar-refractivity contribution is 6.09. The lowest BCUT2D eigenvalue weighted by Crippen LogP contribution is -2.48. The fourth-order valence-corrected chi connectivity index (χ4v) is 1.84. The highest BCUT2D eigenvalue weighted by Gasteiger charge is 2.51. The lowest BCUT2D eigenvalue weighted by Gasteiger charge is -2.35. The van der Waals surface area contributed by atoms with Gasteiger partial charge in [0.2, 0.25) is 5.91 Å². The average molecular weight is 219 g/mol. The number of carbonyl (C=O) groups is 2. The Morgan fingerprint density at radius 3 is 2.25 bits per heavy atom. The van der Waals surface area contributed by atoms with E-state index >= 15 is 0 Å². The minimum atomic E-state index is -1.20. The first-order valence-corrected chi connectivity index (χ1v) is 5.25. The molecule has 2 N–H and O–H groups in total. The predicted octanol–water partition coefficient (Wildman–Crippen LogP) is 1.88. The summed E-state index contributed by atoms with van der Waals surface area (Å²) in [6, 6.07) is 8.91. The van der Waals surface area contributed by atoms with Gasteiger partial charge < -0.3 is 10.4 Å². The van der Waals surface area contributed by atoms with Gasteiger partial charge in [-0.05, 0) is 25.0 Å². The summed E-state index contributed by atoms with van der Waals surface area (Å²) < 4.78 is 0. The fourth-order valence-electron chi connectivity index (χ4n) is 1.84. The number of aliphatic carboxylic acids is 1. The standard InChI is InChI=1S/C12H13NO3/c14-10(12(11(15)16)7-4-8-12)13-9-5-2-1-3-6-9/h1-3,5-6H,4,7-8H2,(H,13,14)(H,15,16). The van der Waals surface area contributed by atoms with E-state index in [2.05, 4.69) is 5.32 Å². The first kappa shape index (κ1) is 10.7. The molecule has 0 radical (unpaired) electrons. The van der Waals surface area contributed by atoms with Gasteiger partial charge in [0, 0.05) is 5.69 Å². The number of carbonyl (C=O) groups excluding carboxylic acids is 1. The van der Waals surface area contributed by atoms with Crippen LogP contribution >= 0.6 is 0 Å². The number of carboxylic acids is 1. The van der Waals surface area contributed by atoms with E-state index in [1.807, 2.05) is 6.07 Å². The molecular formula is C12H13NO3. The fraction of sp³-hybridized carbons (Fsp3) is 0.333. The Morgan fingerprint density at radius 1 is 1.19 bits per heavy atom. The number of carboxylic acid groups (broad SMARTS) is 1. The van der Waals surface area contributed by atoms with Crippen molar-refractivity contribution >= 4 is 17.6 Å². The minimum Gasteiger partial charge on any atom is -0.480 e. The van der Waals surface area contributed by atoms with Gasteiger partial charge in [-0.3, -0.25) is 9.59 Å². The highest BCUT2D eigenvalue weighted by atomic mass is 16.4. The van der Waals surface area contributed by atoms with Crippen LogP contribution in [0.2, 0.25) is 0 Å². The predicted molar refractivity (Wildman–Crippen MR) is 59.0 cm³/mol. The van der Waals surface area contributed by atoms with Crippen LogP contribution < -0.4 is 5.32 Å². The number of rotatable bonds is 3. The molecule has 0 unspecified atom stereocenters. The number of amides is 1. The molecule has 1 fully saturated rings. The monoisotopic (exact) mass is 219 g/mol. The molecule has 1 saturated carbocycles. The molecule has 0 saturated heterocycles. The Kier molecular flexibility index (Phi) is 2.64. The van der Waals surface area contributed by atoms with E-state index in [0.717, 1.165) is 6.42 Å². The topological polar surface area (TPSA) is 66.4 Å². The molecule has 1 aromatic rings. The number of benzene rings is 1. The van der Waals surface area contributed by atoms with Gasteiger partial charge in [-0.2, -0.15) is 0 Å². The van der Waals surface area contributed by atoms with Gasteiger partial charge in [-0.25, -0.2) is 0 Å². The van der Waals surface area contributed by atoms with E-state index in [0.29, 0.717) is 18.5 Å². The molecule has 1 amide bonds. The lowest BCUT2D eigenvalue weighted by atomic mass is 9.68. The van der Waals surface area contributed by atoms with Crippen molar-refractivity contribution in [3.8, 4) is 0 Å². The van der Waals surface area contributed by atoms with Crippen LogP contribution in [0.25, 0.3) is 0 Å². The molecular weight excluding hydrogens is 206 g/mol. The van der Waals surface area contributed by atoms with Crippen LogP contribution in [0.1, 0.15) is 19.3 Å². The molecule has 2 rings (SSSR count). The van der Waals surface area contributed by atoms with Gasteiger partial charge in [-0.1, -0.05) is 24.6 Å². The van der Waals surface area contributed by atoms with Crippen molar-refractivity contribution < 1.29 is 14.7 Å². The Hall–Kier alpha value is -1.84. The quantitative estimate of drug-likeness (QED) is 0.763. The molecule has 0 heterocycles. The van der Waals surface area contributed by atoms with Gasteiger partial charge in [0.15, 0.2) is 0 Å². The molecule has 1 aliphatic rings. The molecule has 16 heavy (non-hydrogen) atoms. The molecule has 0 spiro atoms. The van der Waals surface area contributed by atoms with Gasteiger partial charge in [0.25, 0.3) is 0 Å². The van der Waals surface area contributed by atoms with Crippen LogP contribution in [0.3, 0.4) is 0 Å². The Balaban J connectivity index is 2.11. The number of nitrogens with one attached hydrogen (secondary N) is 1. The second-order valence-electron chi connectivity index (χ2n) is 4.06. The second kappa shape index (κ2) is 3.96. The van der Waals surface area contributed by atoms with Crippen LogP contribution in [0.15, 0.2) is 30.3 Å². The minimum absolute atomic E-state index is 0.405. The van der Waals surface area contributed by atoms with Crippen LogP contribution in [0, 0.1) is 5.41 Å². The van der Waals surface area contributed by atoms with Crippen molar-refractivity contribution in [3.63, 3.8) is 0 Å². The normalized spacial score (nSPS) is 17.2. The molecule has 0 aliphatic heterocycles. The third-order valence-electron chi connectivity index (χ3n) is 3.08. The van der Waals surface area contributed by atoms with Crippen molar-refractivity contribution in [1.82, 2.24) is 0 Å². The SMILES string of the molecule is O=C(O)C1(C(=O)Nc2ccccc2)CCC1. The summed E-state index contributed by atoms with van der Waals surface area (Å²) in [5.41, 5.74) is -0.560. The maximum absolute atomic E-state index is 11.9. The van der Waals surface area contributed by atoms with E-state index in [-0.39, 0.29) is 0 Å². The summed E-state index contributed by atoms with van der Waals surface area (Å²) in [5.74, 6) is -1.43. The number of para-hydroxylation sites is 1. The lowest BCUT2D eigenvalue weighted by molar-refractivity contribution is -0.159. The summed E-state index contributed by atoms with van der Waals surface area (Å²) in [6.45, 7) is 0. The van der Waals surface area contributed by atoms with E-state index in [1.54, 1.807) is 24.3 Å². The van der Waals surface area contributed by atoms with Crippen molar-refractivity contribution in [2.45, 2.75) is 19.3 Å². The van der Waals surface area contributed by atoms with E-state index in [1.165, 1.54) is 0 Å². The van der Waals surface area contributed by atoms with Crippen molar-refractivity contribution in [1.29, 1.82) is 0 Å². The first-order chi connectivity index (χ1) is 7.65. The molecule has 0 atom stereocenters. The summed E-state index contributed by atoms with van der Waals surface area (Å²) in [5, 5.41) is 11.7. The number of hydrogen-bond acceptors (Lipinski definition) is 2. The van der Waals surface area contributed by atoms with Gasteiger partial charge in [0.05, 0.1) is 0 Å². The zero-order valence-corrected chi connectivity index (χ0v) is 8.77. The molecule has 0 bridgehead atoms. The molecule has 4 heteroatoms. The molecule has 4 nitrogen and oxygen atoms in total. The van der Waals surface area contributed by atoms with Crippen LogP contribution in [0.4, 0.5) is 5.69 Å². The third-order valence-corrected chi connectivity index (χ3v) is 3.08. The Labute approximate surface area is 93.3 Å². The Morgan fingerprint density at radius 2 is 1.81 bits per heavy atom. The Bertz CT molecular complexity index is 410. The number of hydrogen-bond donors (Lipinski definition) is 2. The number of anilines is 1. The van der Waals surface area contributed by atoms with Gasteiger partial charge in [-0.15, -0.1) is 0 Å². The van der Waals surface area contributed by atoms with Crippen LogP contribution in [-0.2, 0) is 9.59 Å². The molecule has 0 aromatic heterocycles. The molecule has 1 aliphatic carbocycles. The zero-order chi connectivity index (χ0) is 11.6. The maximum Gasteiger partial charge on any atom is 0.319 e. The summed E-state index contributed by atoms with van der Waals surface area (Å²) >= 11 is 0. The maximum atomic E-state index is 11.9. The van der Waals surface area contributed by atoms with Gasteiger partial charge >= 0.3 is 5.97 Å². The molecule has 84 valence electrons. The third kappa shape index (κ3) is 1.66. The van der Waals surface area contributed by atoms with Crippen LogP contribution in [-0.4, -0.2) is 17.0 Å². The highest BCUT2D eigenvalue weighted by Crippen LogP contribution is 2.42. The van der Waals surface area contributed by atoms with E-state index in [9.17, 15) is 9.59 Å². The first-order valence-electron chi connectivity index (χ1n) is 5.25. The zero-order valence-electron chi connectivity index (χ0n) is 8.77. The van der Waals surface area contributed by atoms with Crippen molar-refractivity contribution in [2.24, 2.45) is 5.41 Å². The van der Waals surface area contributed by atoms with Crippen molar-refractivity contribution in [3.05, 3.63) is 30.3 Å².